The quantitative estimate of drug-likeness (QED) is 0.460. The number of anilines is 1. The third kappa shape index (κ3) is 7.69. The summed E-state index contributed by atoms with van der Waals surface area (Å²) in [7, 11) is 1.32. The van der Waals surface area contributed by atoms with Crippen LogP contribution in [0.3, 0.4) is 0 Å². The first-order valence-electron chi connectivity index (χ1n) is 13.9. The molecule has 2 aliphatic rings. The summed E-state index contributed by atoms with van der Waals surface area (Å²) in [5, 5.41) is 2.99. The first-order chi connectivity index (χ1) is 19.5. The number of carbonyl (C=O) groups excluding carboxylic acids is 2. The highest BCUT2D eigenvalue weighted by Crippen LogP contribution is 2.32. The second-order valence-corrected chi connectivity index (χ2v) is 11.4. The van der Waals surface area contributed by atoms with Crippen molar-refractivity contribution in [2.75, 3.05) is 38.1 Å². The van der Waals surface area contributed by atoms with Crippen molar-refractivity contribution in [3.63, 3.8) is 0 Å². The van der Waals surface area contributed by atoms with Crippen molar-refractivity contribution in [1.29, 1.82) is 0 Å². The number of amides is 1. The fourth-order valence-electron chi connectivity index (χ4n) is 5.87. The zero-order chi connectivity index (χ0) is 29.7. The van der Waals surface area contributed by atoms with Gasteiger partial charge in [0.05, 0.1) is 0 Å². The summed E-state index contributed by atoms with van der Waals surface area (Å²) >= 11 is 6.11. The highest BCUT2D eigenvalue weighted by atomic mass is 35.5. The van der Waals surface area contributed by atoms with Crippen LogP contribution in [-0.4, -0.2) is 90.4 Å². The average molecular weight is 596 g/mol. The molecule has 12 heteroatoms. The number of piperidine rings is 1. The summed E-state index contributed by atoms with van der Waals surface area (Å²) in [5.41, 5.74) is 1.02. The van der Waals surface area contributed by atoms with Crippen LogP contribution in [0.1, 0.15) is 32.3 Å². The summed E-state index contributed by atoms with van der Waals surface area (Å²) < 4.78 is 44.5. The molecule has 3 heterocycles. The second kappa shape index (κ2) is 13.4. The predicted octanol–water partition coefficient (Wildman–Crippen LogP) is 4.13. The van der Waals surface area contributed by atoms with Gasteiger partial charge in [-0.3, -0.25) is 14.6 Å². The van der Waals surface area contributed by atoms with Gasteiger partial charge < -0.3 is 15.0 Å². The van der Waals surface area contributed by atoms with Crippen molar-refractivity contribution < 1.29 is 27.5 Å². The van der Waals surface area contributed by atoms with Crippen molar-refractivity contribution in [3.8, 4) is 0 Å². The van der Waals surface area contributed by atoms with Gasteiger partial charge in [-0.25, -0.2) is 9.78 Å². The highest BCUT2D eigenvalue weighted by Gasteiger charge is 2.48. The third-order valence-electron chi connectivity index (χ3n) is 8.00. The first-order valence-corrected chi connectivity index (χ1v) is 14.3. The van der Waals surface area contributed by atoms with Crippen LogP contribution in [-0.2, 0) is 20.7 Å². The summed E-state index contributed by atoms with van der Waals surface area (Å²) in [6.45, 7) is 6.34. The zero-order valence-electron chi connectivity index (χ0n) is 23.5. The normalized spacial score (nSPS) is 22.0. The smallest absolute Gasteiger partial charge is 0.430 e. The fraction of sp³-hybridized carbons (Fsp3) is 0.552. The van der Waals surface area contributed by atoms with Crippen LogP contribution in [0.4, 0.5) is 19.0 Å². The maximum Gasteiger partial charge on any atom is 0.490 e. The van der Waals surface area contributed by atoms with E-state index < -0.39 is 24.3 Å². The van der Waals surface area contributed by atoms with Gasteiger partial charge in [0, 0.05) is 62.6 Å². The number of nitrogens with zero attached hydrogens (tertiary/aromatic N) is 4. The van der Waals surface area contributed by atoms with Crippen LogP contribution in [0.5, 0.6) is 0 Å². The summed E-state index contributed by atoms with van der Waals surface area (Å²) in [6.07, 6.45) is -2.77. The molecule has 0 spiro atoms. The van der Waals surface area contributed by atoms with Crippen LogP contribution in [0.2, 0.25) is 5.02 Å². The lowest BCUT2D eigenvalue weighted by atomic mass is 9.90. The van der Waals surface area contributed by atoms with Gasteiger partial charge in [0.15, 0.2) is 0 Å². The Morgan fingerprint density at radius 1 is 1.10 bits per heavy atom. The van der Waals surface area contributed by atoms with Gasteiger partial charge in [-0.15, -0.1) is 0 Å². The van der Waals surface area contributed by atoms with E-state index in [1.165, 1.54) is 7.05 Å². The zero-order valence-corrected chi connectivity index (χ0v) is 24.2. The van der Waals surface area contributed by atoms with Gasteiger partial charge in [-0.05, 0) is 55.0 Å². The molecule has 2 aromatic rings. The Morgan fingerprint density at radius 3 is 2.34 bits per heavy atom. The van der Waals surface area contributed by atoms with Crippen LogP contribution < -0.4 is 10.2 Å². The number of esters is 1. The van der Waals surface area contributed by atoms with E-state index in [9.17, 15) is 22.8 Å². The summed E-state index contributed by atoms with van der Waals surface area (Å²) in [4.78, 5) is 35.6. The van der Waals surface area contributed by atoms with Crippen molar-refractivity contribution in [1.82, 2.24) is 20.1 Å². The number of pyridine rings is 1. The van der Waals surface area contributed by atoms with Gasteiger partial charge in [0.2, 0.25) is 6.23 Å². The SMILES string of the molecule is CNC(=O)C(OC(=O)C(F)(F)F)N1C[C@H](Cc2ccc(Cl)cc2)N(C2CCN(c3ccccn3)CC2)C[C@@H]1C(C)C. The molecule has 0 radical (unpaired) electrons. The Hall–Kier alpha value is -2.89. The third-order valence-corrected chi connectivity index (χ3v) is 8.25. The highest BCUT2D eigenvalue weighted by molar-refractivity contribution is 6.30. The monoisotopic (exact) mass is 595 g/mol. The molecular weight excluding hydrogens is 559 g/mol. The Labute approximate surface area is 243 Å². The molecule has 0 saturated carbocycles. The van der Waals surface area contributed by atoms with Gasteiger partial charge in [-0.2, -0.15) is 13.2 Å². The minimum atomic E-state index is -5.22. The molecule has 3 atom stereocenters. The molecule has 2 saturated heterocycles. The number of likely N-dealkylation sites (N-methyl/N-ethyl adjacent to an activating group) is 1. The van der Waals surface area contributed by atoms with E-state index in [1.807, 2.05) is 56.3 Å². The minimum Gasteiger partial charge on any atom is -0.430 e. The van der Waals surface area contributed by atoms with E-state index in [1.54, 1.807) is 11.1 Å². The molecule has 0 bridgehead atoms. The van der Waals surface area contributed by atoms with E-state index in [0.29, 0.717) is 18.0 Å². The number of nitrogens with one attached hydrogen (secondary N) is 1. The van der Waals surface area contributed by atoms with Crippen LogP contribution in [0.25, 0.3) is 0 Å². The lowest BCUT2D eigenvalue weighted by molar-refractivity contribution is -0.218. The molecule has 1 aromatic heterocycles. The molecule has 224 valence electrons. The lowest BCUT2D eigenvalue weighted by Crippen LogP contribution is -2.68. The number of ether oxygens (including phenoxy) is 1. The molecule has 41 heavy (non-hydrogen) atoms. The fourth-order valence-corrected chi connectivity index (χ4v) is 6.00. The molecule has 1 amide bonds. The van der Waals surface area contributed by atoms with Crippen LogP contribution in [0, 0.1) is 5.92 Å². The maximum absolute atomic E-state index is 13.2. The van der Waals surface area contributed by atoms with E-state index in [-0.39, 0.29) is 30.6 Å². The van der Waals surface area contributed by atoms with E-state index in [4.69, 9.17) is 16.3 Å². The number of alkyl halides is 3. The lowest BCUT2D eigenvalue weighted by Gasteiger charge is -2.53. The number of rotatable bonds is 8. The largest absolute Gasteiger partial charge is 0.490 e. The number of halogens is 4. The molecular formula is C29H37ClF3N5O3. The van der Waals surface area contributed by atoms with Crippen molar-refractivity contribution in [3.05, 3.63) is 59.2 Å². The van der Waals surface area contributed by atoms with E-state index in [2.05, 4.69) is 20.1 Å². The minimum absolute atomic E-state index is 0.0284. The number of benzene rings is 1. The second-order valence-electron chi connectivity index (χ2n) is 11.0. The predicted molar refractivity (Wildman–Crippen MR) is 150 cm³/mol. The van der Waals surface area contributed by atoms with Gasteiger partial charge in [0.25, 0.3) is 5.91 Å². The molecule has 4 rings (SSSR count). The average Bonchev–Trinajstić information content (AvgIpc) is 2.96. The van der Waals surface area contributed by atoms with Crippen molar-refractivity contribution in [2.45, 2.75) is 63.6 Å². The molecule has 2 fully saturated rings. The standard InChI is InChI=1S/C29H37ClF3N5O3/c1-19(2)24-18-37(22-11-14-36(15-12-22)25-6-4-5-13-35-25)23(16-20-7-9-21(30)10-8-20)17-38(24)27(26(39)34-3)41-28(40)29(31,32)33/h4-10,13,19,22-24,27H,11-12,14-18H2,1-3H3,(H,34,39)/t23-,24+,27?/m0/s1. The number of carbonyl (C=O) groups is 2. The Morgan fingerprint density at radius 2 is 1.78 bits per heavy atom. The van der Waals surface area contributed by atoms with E-state index >= 15 is 0 Å². The molecule has 1 unspecified atom stereocenters. The number of hydrogen-bond donors (Lipinski definition) is 1. The van der Waals surface area contributed by atoms with Crippen LogP contribution >= 0.6 is 11.6 Å². The van der Waals surface area contributed by atoms with E-state index in [0.717, 1.165) is 37.3 Å². The Kier molecular flexibility index (Phi) is 10.1. The first kappa shape index (κ1) is 31.1. The van der Waals surface area contributed by atoms with Crippen LogP contribution in [0.15, 0.2) is 48.7 Å². The van der Waals surface area contributed by atoms with Crippen molar-refractivity contribution >= 4 is 29.3 Å². The number of piperazine rings is 1. The van der Waals surface area contributed by atoms with Gasteiger partial charge in [0.1, 0.15) is 5.82 Å². The summed E-state index contributed by atoms with van der Waals surface area (Å²) in [5.74, 6) is -2.27. The molecule has 1 aromatic carbocycles. The van der Waals surface area contributed by atoms with Gasteiger partial charge >= 0.3 is 12.1 Å². The molecule has 8 nitrogen and oxygen atoms in total. The van der Waals surface area contributed by atoms with Crippen molar-refractivity contribution in [2.24, 2.45) is 5.92 Å². The molecule has 0 aliphatic carbocycles. The summed E-state index contributed by atoms with van der Waals surface area (Å²) in [6, 6.07) is 13.1. The maximum atomic E-state index is 13.2. The van der Waals surface area contributed by atoms with Gasteiger partial charge in [-0.1, -0.05) is 43.6 Å². The topological polar surface area (TPSA) is 78.0 Å². The number of hydrogen-bond acceptors (Lipinski definition) is 7. The number of aromatic nitrogens is 1. The molecule has 1 N–H and O–H groups in total. The Bertz CT molecular complexity index is 1160. The molecule has 2 aliphatic heterocycles. The Balaban J connectivity index is 1.61.